The molecule has 0 atom stereocenters. The largest absolute Gasteiger partial charge is 0.477 e. The van der Waals surface area contributed by atoms with Crippen LogP contribution in [0.15, 0.2) is 36.4 Å². The first-order valence-electron chi connectivity index (χ1n) is 11.1. The molecule has 7 nitrogen and oxygen atoms in total. The fourth-order valence-corrected chi connectivity index (χ4v) is 4.60. The Morgan fingerprint density at radius 2 is 1.79 bits per heavy atom. The Hall–Kier alpha value is -3.14. The Bertz CT molecular complexity index is 1170. The smallest absolute Gasteiger partial charge is 0.401 e. The van der Waals surface area contributed by atoms with Crippen molar-refractivity contribution in [3.8, 4) is 5.69 Å². The van der Waals surface area contributed by atoms with E-state index in [9.17, 15) is 23.1 Å². The van der Waals surface area contributed by atoms with Crippen LogP contribution in [0, 0.1) is 0 Å². The minimum Gasteiger partial charge on any atom is -0.477 e. The molecule has 0 unspecified atom stereocenters. The van der Waals surface area contributed by atoms with Crippen LogP contribution in [-0.4, -0.2) is 69.6 Å². The average Bonchev–Trinajstić information content (AvgIpc) is 3.11. The van der Waals surface area contributed by atoms with Gasteiger partial charge in [0.25, 0.3) is 0 Å². The van der Waals surface area contributed by atoms with Crippen LogP contribution in [0.5, 0.6) is 0 Å². The molecule has 3 aromatic rings. The first-order valence-corrected chi connectivity index (χ1v) is 11.1. The van der Waals surface area contributed by atoms with Crippen molar-refractivity contribution in [3.05, 3.63) is 47.8 Å². The Morgan fingerprint density at radius 3 is 2.36 bits per heavy atom. The number of halogens is 3. The Kier molecular flexibility index (Phi) is 5.48. The summed E-state index contributed by atoms with van der Waals surface area (Å²) < 4.78 is 40.2. The maximum Gasteiger partial charge on any atom is 0.401 e. The second-order valence-corrected chi connectivity index (χ2v) is 8.67. The van der Waals surface area contributed by atoms with Crippen molar-refractivity contribution in [3.63, 3.8) is 0 Å². The fourth-order valence-electron chi connectivity index (χ4n) is 4.60. The van der Waals surface area contributed by atoms with Crippen LogP contribution in [-0.2, 0) is 0 Å². The number of aromatic carboxylic acids is 1. The van der Waals surface area contributed by atoms with Gasteiger partial charge in [0.05, 0.1) is 29.0 Å². The molecule has 2 aromatic heterocycles. The summed E-state index contributed by atoms with van der Waals surface area (Å²) >= 11 is 0. The highest BCUT2D eigenvalue weighted by Gasteiger charge is 2.34. The third-order valence-corrected chi connectivity index (χ3v) is 6.47. The number of carbonyl (C=O) groups is 1. The highest BCUT2D eigenvalue weighted by Crippen LogP contribution is 2.42. The average molecular weight is 459 g/mol. The van der Waals surface area contributed by atoms with E-state index >= 15 is 0 Å². The number of alkyl halides is 3. The maximum absolute atomic E-state index is 12.8. The molecule has 33 heavy (non-hydrogen) atoms. The number of aromatic nitrogens is 3. The number of hydrogen-bond donors (Lipinski definition) is 1. The third kappa shape index (κ3) is 4.27. The number of para-hydroxylation sites is 1. The predicted molar refractivity (Wildman–Crippen MR) is 117 cm³/mol. The van der Waals surface area contributed by atoms with E-state index in [1.165, 1.54) is 4.90 Å². The highest BCUT2D eigenvalue weighted by atomic mass is 19.4. The van der Waals surface area contributed by atoms with Crippen molar-refractivity contribution in [1.29, 1.82) is 0 Å². The molecule has 2 aliphatic rings. The number of piperazine rings is 1. The van der Waals surface area contributed by atoms with Crippen molar-refractivity contribution >= 4 is 22.7 Å². The molecule has 0 radical (unpaired) electrons. The molecule has 3 heterocycles. The lowest BCUT2D eigenvalue weighted by Gasteiger charge is -2.37. The molecule has 0 bridgehead atoms. The molecule has 5 rings (SSSR count). The first-order chi connectivity index (χ1) is 15.8. The summed E-state index contributed by atoms with van der Waals surface area (Å²) in [6, 6.07) is 11.0. The van der Waals surface area contributed by atoms with E-state index in [2.05, 4.69) is 4.98 Å². The molecule has 1 N–H and O–H groups in total. The lowest BCUT2D eigenvalue weighted by atomic mass is 9.82. The van der Waals surface area contributed by atoms with E-state index < -0.39 is 18.7 Å². The summed E-state index contributed by atoms with van der Waals surface area (Å²) in [5.74, 6) is -0.889. The molecule has 0 spiro atoms. The zero-order chi connectivity index (χ0) is 23.2. The molecule has 1 saturated carbocycles. The minimum atomic E-state index is -4.24. The van der Waals surface area contributed by atoms with Crippen LogP contribution >= 0.6 is 0 Å². The lowest BCUT2D eigenvalue weighted by Crippen LogP contribution is -2.49. The number of anilines is 1. The van der Waals surface area contributed by atoms with Gasteiger partial charge in [0.1, 0.15) is 0 Å². The summed E-state index contributed by atoms with van der Waals surface area (Å²) in [5, 5.41) is 15.4. The van der Waals surface area contributed by atoms with Gasteiger partial charge >= 0.3 is 12.1 Å². The summed E-state index contributed by atoms with van der Waals surface area (Å²) in [5.41, 5.74) is 2.72. The number of pyridine rings is 1. The van der Waals surface area contributed by atoms with Crippen LogP contribution in [0.2, 0.25) is 0 Å². The van der Waals surface area contributed by atoms with Gasteiger partial charge in [0.15, 0.2) is 11.3 Å². The molecule has 174 valence electrons. The van der Waals surface area contributed by atoms with Crippen molar-refractivity contribution in [2.45, 2.75) is 31.4 Å². The van der Waals surface area contributed by atoms with E-state index in [0.29, 0.717) is 24.4 Å². The quantitative estimate of drug-likeness (QED) is 0.620. The van der Waals surface area contributed by atoms with Crippen molar-refractivity contribution in [1.82, 2.24) is 19.7 Å². The summed E-state index contributed by atoms with van der Waals surface area (Å²) in [4.78, 5) is 19.7. The van der Waals surface area contributed by atoms with Gasteiger partial charge in [0, 0.05) is 32.1 Å². The van der Waals surface area contributed by atoms with E-state index in [0.717, 1.165) is 36.0 Å². The van der Waals surface area contributed by atoms with Crippen LogP contribution in [0.4, 0.5) is 18.9 Å². The second-order valence-electron chi connectivity index (χ2n) is 8.67. The summed E-state index contributed by atoms with van der Waals surface area (Å²) in [7, 11) is 0. The topological polar surface area (TPSA) is 74.5 Å². The Labute approximate surface area is 188 Å². The highest BCUT2D eigenvalue weighted by molar-refractivity contribution is 5.98. The predicted octanol–water partition coefficient (Wildman–Crippen LogP) is 4.07. The molecule has 1 aliphatic carbocycles. The monoisotopic (exact) mass is 459 g/mol. The van der Waals surface area contributed by atoms with Gasteiger partial charge in [-0.25, -0.2) is 14.5 Å². The number of carboxylic acids is 1. The number of benzene rings is 1. The fraction of sp³-hybridized carbons (Fsp3) is 0.435. The Balaban J connectivity index is 1.61. The zero-order valence-corrected chi connectivity index (χ0v) is 17.9. The van der Waals surface area contributed by atoms with Gasteiger partial charge in [-0.2, -0.15) is 18.3 Å². The number of hydrogen-bond acceptors (Lipinski definition) is 5. The Morgan fingerprint density at radius 1 is 1.09 bits per heavy atom. The second kappa shape index (κ2) is 8.33. The van der Waals surface area contributed by atoms with Crippen LogP contribution in [0.3, 0.4) is 0 Å². The molecular weight excluding hydrogens is 435 g/mol. The molecule has 10 heteroatoms. The molecular formula is C23H24F3N5O2. The minimum absolute atomic E-state index is 0.104. The number of nitrogens with zero attached hydrogens (tertiary/aromatic N) is 5. The number of carboxylic acid groups (broad SMARTS) is 1. The van der Waals surface area contributed by atoms with Crippen LogP contribution in [0.1, 0.15) is 41.4 Å². The van der Waals surface area contributed by atoms with E-state index in [-0.39, 0.29) is 24.7 Å². The molecule has 2 fully saturated rings. The summed E-state index contributed by atoms with van der Waals surface area (Å²) in [6.07, 6.45) is -1.13. The molecule has 1 aromatic carbocycles. The van der Waals surface area contributed by atoms with Gasteiger partial charge in [-0.1, -0.05) is 24.6 Å². The van der Waals surface area contributed by atoms with Crippen molar-refractivity contribution in [2.24, 2.45) is 0 Å². The molecule has 0 amide bonds. The molecule has 1 aliphatic heterocycles. The number of rotatable bonds is 5. The van der Waals surface area contributed by atoms with Gasteiger partial charge in [-0.05, 0) is 31.0 Å². The van der Waals surface area contributed by atoms with Crippen molar-refractivity contribution < 1.29 is 23.1 Å². The SMILES string of the molecule is O=C(O)c1cc(N2CCN(CC(F)(F)F)CC2)c2c(C3CCC3)nn(-c3ccccc3)c2n1. The first kappa shape index (κ1) is 21.7. The standard InChI is InChI=1S/C23H24F3N5O2/c24-23(25,26)14-29-9-11-30(12-10-29)18-13-17(22(32)33)27-21-19(18)20(15-5-4-6-15)28-31(21)16-7-2-1-3-8-16/h1-3,7-8,13,15H,4-6,9-12,14H2,(H,32,33). The summed E-state index contributed by atoms with van der Waals surface area (Å²) in [6.45, 7) is 0.296. The van der Waals surface area contributed by atoms with Gasteiger partial charge < -0.3 is 10.0 Å². The lowest BCUT2D eigenvalue weighted by molar-refractivity contribution is -0.146. The maximum atomic E-state index is 12.8. The van der Waals surface area contributed by atoms with E-state index in [1.54, 1.807) is 10.7 Å². The van der Waals surface area contributed by atoms with Crippen molar-refractivity contribution in [2.75, 3.05) is 37.6 Å². The normalized spacial score (nSPS) is 18.0. The number of fused-ring (bicyclic) bond motifs is 1. The van der Waals surface area contributed by atoms with Gasteiger partial charge in [0.2, 0.25) is 0 Å². The zero-order valence-electron chi connectivity index (χ0n) is 17.9. The molecule has 1 saturated heterocycles. The van der Waals surface area contributed by atoms with Gasteiger partial charge in [-0.15, -0.1) is 0 Å². The van der Waals surface area contributed by atoms with E-state index in [4.69, 9.17) is 5.10 Å². The van der Waals surface area contributed by atoms with Crippen LogP contribution in [0.25, 0.3) is 16.7 Å². The van der Waals surface area contributed by atoms with E-state index in [1.807, 2.05) is 35.2 Å². The van der Waals surface area contributed by atoms with Crippen LogP contribution < -0.4 is 4.90 Å². The third-order valence-electron chi connectivity index (χ3n) is 6.47. The van der Waals surface area contributed by atoms with Gasteiger partial charge in [-0.3, -0.25) is 4.90 Å².